The first kappa shape index (κ1) is 65.7. The monoisotopic (exact) mass is 1120 g/mol. The minimum atomic E-state index is -1.86. The summed E-state index contributed by atoms with van der Waals surface area (Å²) in [6.45, 7) is 0.986. The summed E-state index contributed by atoms with van der Waals surface area (Å²) in [4.78, 5) is 178. The Hall–Kier alpha value is -9.43. The zero-order valence-corrected chi connectivity index (χ0v) is 43.1. The number of rotatable bonds is 36. The summed E-state index contributed by atoms with van der Waals surface area (Å²) < 4.78 is 0. The van der Waals surface area contributed by atoms with Gasteiger partial charge in [0.25, 0.3) is 0 Å². The molecular weight excluding hydrogens is 1050 g/mol. The fraction of sp³-hybridized carbons (Fsp3) is 0.500. The Morgan fingerprint density at radius 1 is 0.620 bits per heavy atom. The summed E-state index contributed by atoms with van der Waals surface area (Å²) in [6, 6.07) is -6.20. The molecule has 0 saturated carbocycles. The van der Waals surface area contributed by atoms with Gasteiger partial charge < -0.3 is 96.2 Å². The lowest BCUT2D eigenvalue weighted by molar-refractivity contribution is -0.142. The van der Waals surface area contributed by atoms with Crippen LogP contribution in [0.25, 0.3) is 0 Å². The number of carboxylic acids is 3. The van der Waals surface area contributed by atoms with E-state index in [0.29, 0.717) is 11.3 Å². The van der Waals surface area contributed by atoms with E-state index in [0.717, 1.165) is 0 Å². The number of carbonyl (C=O) groups is 13. The largest absolute Gasteiger partial charge is 0.508 e. The summed E-state index contributed by atoms with van der Waals surface area (Å²) in [5.41, 5.74) is 22.1. The number of nitrogens with two attached hydrogens (primary N) is 4. The quantitative estimate of drug-likeness (QED) is 0.0171. The topological polar surface area (TPSA) is 556 Å². The summed E-state index contributed by atoms with van der Waals surface area (Å²) in [7, 11) is 0. The molecule has 434 valence electrons. The van der Waals surface area contributed by atoms with Crippen molar-refractivity contribution in [2.75, 3.05) is 26.2 Å². The molecule has 1 aromatic carbocycles. The number of benzene rings is 1. The number of aliphatic imine (C=N–C) groups is 1. The molecule has 0 aliphatic rings. The van der Waals surface area contributed by atoms with Crippen LogP contribution >= 0.6 is 0 Å². The number of phenolic OH excluding ortho intramolecular Hbond substituents is 1. The van der Waals surface area contributed by atoms with Crippen molar-refractivity contribution >= 4 is 82.9 Å². The number of aromatic hydroxyl groups is 1. The van der Waals surface area contributed by atoms with E-state index in [4.69, 9.17) is 22.9 Å². The summed E-state index contributed by atoms with van der Waals surface area (Å²) in [5.74, 6) is -16.2. The second-order valence-corrected chi connectivity index (χ2v) is 17.7. The molecule has 2 aromatic rings. The Bertz CT molecular complexity index is 2510. The van der Waals surface area contributed by atoms with Crippen LogP contribution in [0.3, 0.4) is 0 Å². The van der Waals surface area contributed by atoms with Gasteiger partial charge in [-0.25, -0.2) is 9.78 Å². The normalized spacial score (nSPS) is 13.8. The Morgan fingerprint density at radius 2 is 1.15 bits per heavy atom. The number of carbonyl (C=O) groups excluding carboxylic acids is 10. The van der Waals surface area contributed by atoms with E-state index < -0.39 is 171 Å². The first-order valence-electron chi connectivity index (χ1n) is 24.3. The molecule has 0 radical (unpaired) electrons. The highest BCUT2D eigenvalue weighted by atomic mass is 16.4. The van der Waals surface area contributed by atoms with E-state index in [1.807, 2.05) is 0 Å². The van der Waals surface area contributed by atoms with Crippen molar-refractivity contribution in [3.63, 3.8) is 0 Å². The molecule has 33 nitrogen and oxygen atoms in total. The standard InChI is InChI=1S/C46H68N16O17/c1-3-22(2)38(62-43(76)29(15-32(48)64)60-42(75)30(16-37(70)71)57-34(66)19-53-33(65)17-47)44(77)54-20-35(67)56-26(5-4-12-52-46(49)50)39(72)58-27(10-11-36(68)69)40(73)59-28(13-23-6-8-25(63)9-7-23)41(74)61-31(45(78)79)14-24-18-51-21-55-24/h6-9,18,21-22,26-31,38,63H,3-5,10-17,19-20,47H2,1-2H3,(H2,48,64)(H,51,55)(H,53,65)(H,54,77)(H,56,67)(H,57,66)(H,58,72)(H,59,73)(H,60,75)(H,61,74)(H,62,76)(H,68,69)(H,70,71)(H,78,79)(H4,49,50,52)/t22-,26-,27-,28-,29-,30-,31-,38-/m0/s1. The van der Waals surface area contributed by atoms with Crippen molar-refractivity contribution in [3.05, 3.63) is 48.0 Å². The minimum Gasteiger partial charge on any atom is -0.508 e. The minimum absolute atomic E-state index is 0.00828. The maximum Gasteiger partial charge on any atom is 0.326 e. The maximum absolute atomic E-state index is 14.0. The van der Waals surface area contributed by atoms with Gasteiger partial charge in [0.1, 0.15) is 48.0 Å². The predicted molar refractivity (Wildman–Crippen MR) is 273 cm³/mol. The number of primary amides is 1. The maximum atomic E-state index is 14.0. The van der Waals surface area contributed by atoms with Gasteiger partial charge >= 0.3 is 17.9 Å². The molecule has 2 rings (SSSR count). The van der Waals surface area contributed by atoms with Crippen LogP contribution < -0.4 is 70.8 Å². The van der Waals surface area contributed by atoms with Crippen LogP contribution in [0.1, 0.15) is 70.1 Å². The molecule has 1 aromatic heterocycles. The molecule has 10 amide bonds. The van der Waals surface area contributed by atoms with Gasteiger partial charge in [-0.15, -0.1) is 0 Å². The molecule has 0 saturated heterocycles. The lowest BCUT2D eigenvalue weighted by Crippen LogP contribution is -2.60. The molecule has 1 heterocycles. The third-order valence-corrected chi connectivity index (χ3v) is 11.4. The van der Waals surface area contributed by atoms with E-state index in [1.165, 1.54) is 43.7 Å². The molecule has 0 bridgehead atoms. The summed E-state index contributed by atoms with van der Waals surface area (Å²) in [5, 5.41) is 59.3. The number of aliphatic carboxylic acids is 3. The zero-order valence-electron chi connectivity index (χ0n) is 43.1. The fourth-order valence-electron chi connectivity index (χ4n) is 7.06. The van der Waals surface area contributed by atoms with Gasteiger partial charge in [-0.1, -0.05) is 32.4 Å². The van der Waals surface area contributed by atoms with Crippen molar-refractivity contribution in [1.29, 1.82) is 0 Å². The molecule has 8 atom stereocenters. The lowest BCUT2D eigenvalue weighted by atomic mass is 9.97. The van der Waals surface area contributed by atoms with Crippen LogP contribution in [-0.2, 0) is 75.2 Å². The Morgan fingerprint density at radius 3 is 1.70 bits per heavy atom. The van der Waals surface area contributed by atoms with Crippen molar-refractivity contribution in [1.82, 2.24) is 57.8 Å². The van der Waals surface area contributed by atoms with E-state index in [2.05, 4.69) is 62.8 Å². The fourth-order valence-corrected chi connectivity index (χ4v) is 7.06. The molecule has 0 aliphatic carbocycles. The number of carboxylic acid groups (broad SMARTS) is 3. The summed E-state index contributed by atoms with van der Waals surface area (Å²) >= 11 is 0. The van der Waals surface area contributed by atoms with Crippen molar-refractivity contribution in [3.8, 4) is 5.75 Å². The number of guanidine groups is 1. The number of imidazole rings is 1. The molecule has 0 aliphatic heterocycles. The number of phenols is 1. The van der Waals surface area contributed by atoms with Gasteiger partial charge in [0.15, 0.2) is 5.96 Å². The second-order valence-electron chi connectivity index (χ2n) is 17.7. The number of H-pyrrole nitrogens is 1. The predicted octanol–water partition coefficient (Wildman–Crippen LogP) is -7.12. The molecule has 79 heavy (non-hydrogen) atoms. The number of amides is 10. The first-order chi connectivity index (χ1) is 37.2. The number of aromatic amines is 1. The van der Waals surface area contributed by atoms with Gasteiger partial charge in [-0.2, -0.15) is 0 Å². The zero-order chi connectivity index (χ0) is 59.4. The number of nitrogens with one attached hydrogen (secondary N) is 10. The van der Waals surface area contributed by atoms with E-state index in [1.54, 1.807) is 6.92 Å². The highest BCUT2D eigenvalue weighted by Crippen LogP contribution is 2.14. The average molecular weight is 1120 g/mol. The van der Waals surface area contributed by atoms with Crippen LogP contribution in [0.15, 0.2) is 41.8 Å². The highest BCUT2D eigenvalue weighted by molar-refractivity contribution is 5.99. The summed E-state index contributed by atoms with van der Waals surface area (Å²) in [6.07, 6.45) is -1.16. The smallest absolute Gasteiger partial charge is 0.326 e. The van der Waals surface area contributed by atoms with Gasteiger partial charge in [-0.3, -0.25) is 62.5 Å². The van der Waals surface area contributed by atoms with Crippen LogP contribution in [-0.4, -0.2) is 182 Å². The second kappa shape index (κ2) is 33.6. The van der Waals surface area contributed by atoms with Gasteiger partial charge in [0.05, 0.1) is 38.8 Å². The number of hydrogen-bond donors (Lipinski definition) is 18. The molecule has 22 N–H and O–H groups in total. The van der Waals surface area contributed by atoms with Gasteiger partial charge in [-0.05, 0) is 42.9 Å². The third-order valence-electron chi connectivity index (χ3n) is 11.4. The number of hydrogen-bond acceptors (Lipinski definition) is 17. The first-order valence-corrected chi connectivity index (χ1v) is 24.3. The van der Waals surface area contributed by atoms with Crippen LogP contribution in [0.4, 0.5) is 0 Å². The van der Waals surface area contributed by atoms with Crippen molar-refractivity contribution < 1.29 is 82.8 Å². The SMILES string of the molecule is CC[C@H](C)[C@H](NC(=O)[C@H](CC(N)=O)NC(=O)[C@H](CC(=O)O)NC(=O)CNC(=O)CN)C(=O)NCC(=O)N[C@@H](CCCN=C(N)N)C(=O)N[C@@H](CCC(=O)O)C(=O)N[C@@H](Cc1ccc(O)cc1)C(=O)N[C@@H](Cc1cnc[nH]1)C(=O)O. The molecule has 33 heteroatoms. The Labute approximate surface area is 450 Å². The Balaban J connectivity index is 2.36. The molecule has 0 spiro atoms. The lowest BCUT2D eigenvalue weighted by Gasteiger charge is -2.27. The van der Waals surface area contributed by atoms with Crippen LogP contribution in [0.2, 0.25) is 0 Å². The Kier molecular flexibility index (Phi) is 27.9. The van der Waals surface area contributed by atoms with E-state index in [-0.39, 0.29) is 50.4 Å². The molecular formula is C46H68N16O17. The average Bonchev–Trinajstić information content (AvgIpc) is 3.91. The third kappa shape index (κ3) is 25.3. The number of aromatic nitrogens is 2. The molecule has 0 unspecified atom stereocenters. The van der Waals surface area contributed by atoms with Crippen molar-refractivity contribution in [2.24, 2.45) is 33.8 Å². The highest BCUT2D eigenvalue weighted by Gasteiger charge is 2.35. The van der Waals surface area contributed by atoms with Crippen LogP contribution in [0, 0.1) is 5.92 Å². The van der Waals surface area contributed by atoms with Gasteiger partial charge in [0, 0.05) is 37.7 Å². The van der Waals surface area contributed by atoms with Crippen LogP contribution in [0.5, 0.6) is 5.75 Å². The number of nitrogens with zero attached hydrogens (tertiary/aromatic N) is 2. The van der Waals surface area contributed by atoms with E-state index in [9.17, 15) is 82.8 Å². The molecule has 0 fully saturated rings. The van der Waals surface area contributed by atoms with Crippen molar-refractivity contribution in [2.45, 2.75) is 114 Å². The van der Waals surface area contributed by atoms with Gasteiger partial charge in [0.2, 0.25) is 59.1 Å². The van der Waals surface area contributed by atoms with E-state index >= 15 is 0 Å².